The molecule has 3 rings (SSSR count). The highest BCUT2D eigenvalue weighted by Gasteiger charge is 2.29. The van der Waals surface area contributed by atoms with Gasteiger partial charge in [0.05, 0.1) is 17.7 Å². The van der Waals surface area contributed by atoms with E-state index in [0.717, 1.165) is 9.87 Å². The van der Waals surface area contributed by atoms with Crippen molar-refractivity contribution in [2.75, 3.05) is 18.0 Å². The van der Waals surface area contributed by atoms with Crippen molar-refractivity contribution in [3.63, 3.8) is 0 Å². The number of anilines is 1. The molecule has 8 heteroatoms. The van der Waals surface area contributed by atoms with Gasteiger partial charge in [0, 0.05) is 11.6 Å². The Labute approximate surface area is 181 Å². The lowest BCUT2D eigenvalue weighted by molar-refractivity contribution is -0.119. The summed E-state index contributed by atoms with van der Waals surface area (Å²) in [5.74, 6) is -0.0992. The van der Waals surface area contributed by atoms with Crippen LogP contribution in [0.25, 0.3) is 0 Å². The summed E-state index contributed by atoms with van der Waals surface area (Å²) in [4.78, 5) is 12.7. The predicted molar refractivity (Wildman–Crippen MR) is 117 cm³/mol. The fourth-order valence-electron chi connectivity index (χ4n) is 2.84. The third kappa shape index (κ3) is 5.11. The number of nitrogens with zero attached hydrogens (tertiary/aromatic N) is 1. The Morgan fingerprint density at radius 3 is 2.27 bits per heavy atom. The van der Waals surface area contributed by atoms with Crippen molar-refractivity contribution in [3.8, 4) is 5.75 Å². The summed E-state index contributed by atoms with van der Waals surface area (Å²) < 4.78 is 33.0. The molecule has 6 nitrogen and oxygen atoms in total. The molecule has 0 saturated carbocycles. The van der Waals surface area contributed by atoms with E-state index in [1.54, 1.807) is 66.7 Å². The molecule has 0 unspecified atom stereocenters. The molecule has 0 aliphatic carbocycles. The summed E-state index contributed by atoms with van der Waals surface area (Å²) in [6.07, 6.45) is 0. The van der Waals surface area contributed by atoms with Crippen molar-refractivity contribution in [2.45, 2.75) is 11.4 Å². The number of sulfonamides is 1. The van der Waals surface area contributed by atoms with E-state index >= 15 is 0 Å². The minimum Gasteiger partial charge on any atom is -0.495 e. The Balaban J connectivity index is 1.88. The monoisotopic (exact) mass is 444 g/mol. The number of rotatable bonds is 8. The number of carbonyl (C=O) groups is 1. The van der Waals surface area contributed by atoms with E-state index in [-0.39, 0.29) is 17.1 Å². The maximum absolute atomic E-state index is 13.3. The average molecular weight is 445 g/mol. The zero-order valence-corrected chi connectivity index (χ0v) is 17.9. The SMILES string of the molecule is COc1ccccc1N(CC(=O)NCc1ccc(Cl)cc1)S(=O)(=O)c1ccccc1. The van der Waals surface area contributed by atoms with Crippen LogP contribution in [0.1, 0.15) is 5.56 Å². The first kappa shape index (κ1) is 21.7. The number of para-hydroxylation sites is 2. The van der Waals surface area contributed by atoms with E-state index < -0.39 is 22.5 Å². The molecule has 1 amide bonds. The third-order valence-electron chi connectivity index (χ3n) is 4.38. The van der Waals surface area contributed by atoms with Crippen molar-refractivity contribution >= 4 is 33.2 Å². The summed E-state index contributed by atoms with van der Waals surface area (Å²) in [5, 5.41) is 3.35. The van der Waals surface area contributed by atoms with Gasteiger partial charge in [-0.2, -0.15) is 0 Å². The number of hydrogen-bond acceptors (Lipinski definition) is 4. The van der Waals surface area contributed by atoms with Gasteiger partial charge in [-0.25, -0.2) is 8.42 Å². The number of halogens is 1. The molecule has 0 aromatic heterocycles. The van der Waals surface area contributed by atoms with Crippen molar-refractivity contribution in [1.29, 1.82) is 0 Å². The number of hydrogen-bond donors (Lipinski definition) is 1. The number of methoxy groups -OCH3 is 1. The van der Waals surface area contributed by atoms with E-state index in [1.165, 1.54) is 19.2 Å². The van der Waals surface area contributed by atoms with Gasteiger partial charge in [0.1, 0.15) is 12.3 Å². The molecule has 0 bridgehead atoms. The fourth-order valence-corrected chi connectivity index (χ4v) is 4.42. The second-order valence-electron chi connectivity index (χ2n) is 6.40. The fraction of sp³-hybridized carbons (Fsp3) is 0.136. The zero-order chi connectivity index (χ0) is 21.6. The van der Waals surface area contributed by atoms with E-state index in [2.05, 4.69) is 5.32 Å². The molecular weight excluding hydrogens is 424 g/mol. The summed E-state index contributed by atoms with van der Waals surface area (Å²) >= 11 is 5.88. The van der Waals surface area contributed by atoms with Gasteiger partial charge in [-0.1, -0.05) is 54.1 Å². The molecule has 0 aliphatic rings. The summed E-state index contributed by atoms with van der Waals surface area (Å²) in [7, 11) is -2.54. The topological polar surface area (TPSA) is 75.7 Å². The van der Waals surface area contributed by atoms with Crippen LogP contribution in [0.2, 0.25) is 5.02 Å². The summed E-state index contributed by atoms with van der Waals surface area (Å²) in [5.41, 5.74) is 1.13. The van der Waals surface area contributed by atoms with Gasteiger partial charge in [0.2, 0.25) is 5.91 Å². The molecule has 3 aromatic carbocycles. The number of amides is 1. The predicted octanol–water partition coefficient (Wildman–Crippen LogP) is 3.86. The highest BCUT2D eigenvalue weighted by atomic mass is 35.5. The van der Waals surface area contributed by atoms with Crippen LogP contribution in [0, 0.1) is 0 Å². The number of benzene rings is 3. The molecule has 1 N–H and O–H groups in total. The molecular formula is C22H21ClN2O4S. The summed E-state index contributed by atoms with van der Waals surface area (Å²) in [6.45, 7) is -0.146. The van der Waals surface area contributed by atoms with Gasteiger partial charge in [0.25, 0.3) is 10.0 Å². The van der Waals surface area contributed by atoms with E-state index in [0.29, 0.717) is 10.8 Å². The molecule has 0 radical (unpaired) electrons. The molecule has 0 spiro atoms. The molecule has 30 heavy (non-hydrogen) atoms. The standard InChI is InChI=1S/C22H21ClN2O4S/c1-29-21-10-6-5-9-20(21)25(30(27,28)19-7-3-2-4-8-19)16-22(26)24-15-17-11-13-18(23)14-12-17/h2-14H,15-16H2,1H3,(H,24,26). The molecule has 0 aliphatic heterocycles. The molecule has 0 atom stereocenters. The summed E-state index contributed by atoms with van der Waals surface area (Å²) in [6, 6.07) is 21.7. The van der Waals surface area contributed by atoms with Crippen LogP contribution in [-0.2, 0) is 21.4 Å². The van der Waals surface area contributed by atoms with Crippen LogP contribution in [0.3, 0.4) is 0 Å². The van der Waals surface area contributed by atoms with Gasteiger partial charge in [-0.15, -0.1) is 0 Å². The van der Waals surface area contributed by atoms with Crippen molar-refractivity contribution in [2.24, 2.45) is 0 Å². The van der Waals surface area contributed by atoms with E-state index in [9.17, 15) is 13.2 Å². The van der Waals surface area contributed by atoms with E-state index in [4.69, 9.17) is 16.3 Å². The van der Waals surface area contributed by atoms with Crippen LogP contribution < -0.4 is 14.4 Å². The first-order chi connectivity index (χ1) is 14.4. The van der Waals surface area contributed by atoms with Crippen molar-refractivity contribution in [1.82, 2.24) is 5.32 Å². The lowest BCUT2D eigenvalue weighted by Gasteiger charge is -2.25. The highest BCUT2D eigenvalue weighted by Crippen LogP contribution is 2.32. The Bertz CT molecular complexity index is 1100. The molecule has 0 fully saturated rings. The number of ether oxygens (including phenoxy) is 1. The normalized spacial score (nSPS) is 11.0. The first-order valence-corrected chi connectivity index (χ1v) is 11.0. The average Bonchev–Trinajstić information content (AvgIpc) is 2.77. The van der Waals surface area contributed by atoms with Gasteiger partial charge in [-0.05, 0) is 42.0 Å². The van der Waals surface area contributed by atoms with Gasteiger partial charge in [-0.3, -0.25) is 9.10 Å². The second-order valence-corrected chi connectivity index (χ2v) is 8.70. The van der Waals surface area contributed by atoms with Crippen LogP contribution in [-0.4, -0.2) is 28.0 Å². The number of nitrogens with one attached hydrogen (secondary N) is 1. The first-order valence-electron chi connectivity index (χ1n) is 9.14. The van der Waals surface area contributed by atoms with Crippen LogP contribution in [0.4, 0.5) is 5.69 Å². The van der Waals surface area contributed by atoms with Crippen LogP contribution in [0.5, 0.6) is 5.75 Å². The van der Waals surface area contributed by atoms with Gasteiger partial charge < -0.3 is 10.1 Å². The Morgan fingerprint density at radius 1 is 0.967 bits per heavy atom. The maximum atomic E-state index is 13.3. The molecule has 0 saturated heterocycles. The quantitative estimate of drug-likeness (QED) is 0.572. The van der Waals surface area contributed by atoms with Crippen LogP contribution >= 0.6 is 11.6 Å². The van der Waals surface area contributed by atoms with Crippen molar-refractivity contribution < 1.29 is 17.9 Å². The molecule has 0 heterocycles. The third-order valence-corrected chi connectivity index (χ3v) is 6.40. The highest BCUT2D eigenvalue weighted by molar-refractivity contribution is 7.92. The zero-order valence-electron chi connectivity index (χ0n) is 16.3. The number of carbonyl (C=O) groups excluding carboxylic acids is 1. The van der Waals surface area contributed by atoms with Crippen LogP contribution in [0.15, 0.2) is 83.8 Å². The minimum absolute atomic E-state index is 0.0846. The van der Waals surface area contributed by atoms with Crippen molar-refractivity contribution in [3.05, 3.63) is 89.4 Å². The van der Waals surface area contributed by atoms with E-state index in [1.807, 2.05) is 0 Å². The Morgan fingerprint density at radius 2 is 1.60 bits per heavy atom. The maximum Gasteiger partial charge on any atom is 0.264 e. The Hall–Kier alpha value is -3.03. The Kier molecular flexibility index (Phi) is 6.97. The lowest BCUT2D eigenvalue weighted by atomic mass is 10.2. The molecule has 3 aromatic rings. The minimum atomic E-state index is -4.00. The lowest BCUT2D eigenvalue weighted by Crippen LogP contribution is -2.40. The second kappa shape index (κ2) is 9.65. The van der Waals surface area contributed by atoms with Gasteiger partial charge >= 0.3 is 0 Å². The molecule has 156 valence electrons. The van der Waals surface area contributed by atoms with Gasteiger partial charge in [0.15, 0.2) is 0 Å². The smallest absolute Gasteiger partial charge is 0.264 e. The largest absolute Gasteiger partial charge is 0.495 e.